The molecule has 0 aromatic carbocycles. The summed E-state index contributed by atoms with van der Waals surface area (Å²) in [7, 11) is -2.32. The van der Waals surface area contributed by atoms with Crippen molar-refractivity contribution in [3.05, 3.63) is 24.2 Å². The fourth-order valence-electron chi connectivity index (χ4n) is 2.65. The van der Waals surface area contributed by atoms with Crippen molar-refractivity contribution in [2.45, 2.75) is 37.5 Å². The molecule has 112 valence electrons. The molecule has 1 aromatic rings. The summed E-state index contributed by atoms with van der Waals surface area (Å²) in [4.78, 5) is 11.7. The molecule has 0 radical (unpaired) electrons. The zero-order valence-corrected chi connectivity index (χ0v) is 12.4. The molecule has 6 nitrogen and oxygen atoms in total. The Morgan fingerprint density at radius 1 is 1.50 bits per heavy atom. The number of esters is 1. The van der Waals surface area contributed by atoms with Crippen LogP contribution in [0.25, 0.3) is 0 Å². The Kier molecular flexibility index (Phi) is 4.49. The number of ether oxygens (including phenoxy) is 1. The number of hydrogen-bond acceptors (Lipinski definition) is 5. The molecule has 1 fully saturated rings. The summed E-state index contributed by atoms with van der Waals surface area (Å²) < 4.78 is 37.3. The highest BCUT2D eigenvalue weighted by Gasteiger charge is 2.42. The molecular weight excluding hydrogens is 282 g/mol. The highest BCUT2D eigenvalue weighted by molar-refractivity contribution is 7.90. The van der Waals surface area contributed by atoms with Gasteiger partial charge < -0.3 is 9.15 Å². The first-order valence-electron chi connectivity index (χ1n) is 6.58. The first kappa shape index (κ1) is 15.1. The van der Waals surface area contributed by atoms with Gasteiger partial charge in [0.15, 0.2) is 0 Å². The van der Waals surface area contributed by atoms with Crippen LogP contribution in [0, 0.1) is 5.92 Å². The Morgan fingerprint density at radius 2 is 2.25 bits per heavy atom. The molecule has 20 heavy (non-hydrogen) atoms. The van der Waals surface area contributed by atoms with Crippen LogP contribution in [0.1, 0.15) is 38.0 Å². The van der Waals surface area contributed by atoms with Crippen molar-refractivity contribution in [3.8, 4) is 0 Å². The van der Waals surface area contributed by atoms with Gasteiger partial charge in [-0.2, -0.15) is 0 Å². The number of carbonyl (C=O) groups is 1. The van der Waals surface area contributed by atoms with Crippen LogP contribution in [0.3, 0.4) is 0 Å². The molecule has 1 saturated carbocycles. The smallest absolute Gasteiger partial charge is 0.310 e. The van der Waals surface area contributed by atoms with Crippen molar-refractivity contribution < 1.29 is 22.4 Å². The lowest BCUT2D eigenvalue weighted by Gasteiger charge is -2.20. The van der Waals surface area contributed by atoms with Gasteiger partial charge in [-0.15, -0.1) is 0 Å². The van der Waals surface area contributed by atoms with Crippen LogP contribution >= 0.6 is 0 Å². The van der Waals surface area contributed by atoms with Crippen LogP contribution in [-0.4, -0.2) is 26.7 Å². The van der Waals surface area contributed by atoms with Gasteiger partial charge in [0.05, 0.1) is 30.6 Å². The van der Waals surface area contributed by atoms with E-state index in [1.54, 1.807) is 19.1 Å². The minimum absolute atomic E-state index is 0.455. The molecule has 0 spiro atoms. The van der Waals surface area contributed by atoms with Crippen molar-refractivity contribution in [1.82, 2.24) is 4.72 Å². The number of carbonyl (C=O) groups excluding carboxylic acids is 1. The van der Waals surface area contributed by atoms with Gasteiger partial charge in [-0.05, 0) is 31.9 Å². The average Bonchev–Trinajstić information content (AvgIpc) is 3.08. The van der Waals surface area contributed by atoms with Crippen molar-refractivity contribution in [2.75, 3.05) is 7.11 Å². The zero-order chi connectivity index (χ0) is 14.8. The normalized spacial score (nSPS) is 24.5. The summed E-state index contributed by atoms with van der Waals surface area (Å²) in [5.74, 6) is -0.494. The first-order valence-corrected chi connectivity index (χ1v) is 8.12. The van der Waals surface area contributed by atoms with Crippen LogP contribution in [0.5, 0.6) is 0 Å². The third kappa shape index (κ3) is 3.04. The fourth-order valence-corrected chi connectivity index (χ4v) is 4.59. The minimum Gasteiger partial charge on any atom is -0.469 e. The molecule has 1 N–H and O–H groups in total. The van der Waals surface area contributed by atoms with Crippen molar-refractivity contribution in [1.29, 1.82) is 0 Å². The third-order valence-corrected chi connectivity index (χ3v) is 5.71. The Bertz CT molecular complexity index is 551. The molecule has 3 atom stereocenters. The number of hydrogen-bond donors (Lipinski definition) is 1. The monoisotopic (exact) mass is 301 g/mol. The second-order valence-electron chi connectivity index (χ2n) is 5.00. The Morgan fingerprint density at radius 3 is 2.85 bits per heavy atom. The number of furan rings is 1. The van der Waals surface area contributed by atoms with Gasteiger partial charge in [0.1, 0.15) is 5.76 Å². The van der Waals surface area contributed by atoms with Gasteiger partial charge in [-0.3, -0.25) is 4.79 Å². The summed E-state index contributed by atoms with van der Waals surface area (Å²) in [6.07, 6.45) is 3.22. The minimum atomic E-state index is -3.60. The van der Waals surface area contributed by atoms with E-state index in [0.717, 1.165) is 0 Å². The van der Waals surface area contributed by atoms with Gasteiger partial charge in [0.25, 0.3) is 0 Å². The van der Waals surface area contributed by atoms with Gasteiger partial charge in [-0.25, -0.2) is 13.1 Å². The van der Waals surface area contributed by atoms with Crippen LogP contribution in [0.15, 0.2) is 22.8 Å². The van der Waals surface area contributed by atoms with Gasteiger partial charge in [-0.1, -0.05) is 6.42 Å². The van der Waals surface area contributed by atoms with E-state index in [1.165, 1.54) is 13.4 Å². The maximum Gasteiger partial charge on any atom is 0.310 e. The summed E-state index contributed by atoms with van der Waals surface area (Å²) in [6.45, 7) is 1.71. The Labute approximate surface area is 118 Å². The molecule has 0 aliphatic heterocycles. The molecule has 0 saturated heterocycles. The predicted octanol–water partition coefficient (Wildman–Crippen LogP) is 1.60. The average molecular weight is 301 g/mol. The molecule has 1 heterocycles. The number of sulfonamides is 1. The van der Waals surface area contributed by atoms with Crippen molar-refractivity contribution in [3.63, 3.8) is 0 Å². The molecule has 7 heteroatoms. The summed E-state index contributed by atoms with van der Waals surface area (Å²) >= 11 is 0. The number of methoxy groups -OCH3 is 1. The Hall–Kier alpha value is -1.34. The van der Waals surface area contributed by atoms with E-state index < -0.39 is 33.2 Å². The molecule has 0 bridgehead atoms. The predicted molar refractivity (Wildman–Crippen MR) is 72.3 cm³/mol. The van der Waals surface area contributed by atoms with E-state index in [2.05, 4.69) is 9.46 Å². The SMILES string of the molecule is COC(=O)C1CCCC1S(=O)(=O)NC(C)c1ccco1. The number of nitrogens with one attached hydrogen (secondary N) is 1. The standard InChI is InChI=1S/C13H19NO5S/c1-9(11-6-4-8-19-11)14-20(16,17)12-7-3-5-10(12)13(15)18-2/h4,6,8-10,12,14H,3,5,7H2,1-2H3. The highest BCUT2D eigenvalue weighted by Crippen LogP contribution is 2.32. The zero-order valence-electron chi connectivity index (χ0n) is 11.5. The second kappa shape index (κ2) is 5.97. The van der Waals surface area contributed by atoms with Gasteiger partial charge >= 0.3 is 5.97 Å². The summed E-state index contributed by atoms with van der Waals surface area (Å²) in [5, 5.41) is -0.729. The van der Waals surface area contributed by atoms with E-state index in [-0.39, 0.29) is 0 Å². The van der Waals surface area contributed by atoms with Crippen LogP contribution < -0.4 is 4.72 Å². The number of rotatable bonds is 5. The molecule has 1 aliphatic rings. The molecule has 0 amide bonds. The van der Waals surface area contributed by atoms with E-state index in [4.69, 9.17) is 4.42 Å². The quantitative estimate of drug-likeness (QED) is 0.835. The topological polar surface area (TPSA) is 85.6 Å². The lowest BCUT2D eigenvalue weighted by Crippen LogP contribution is -2.40. The molecule has 1 aliphatic carbocycles. The molecule has 3 unspecified atom stereocenters. The van der Waals surface area contributed by atoms with E-state index in [1.807, 2.05) is 0 Å². The maximum absolute atomic E-state index is 12.4. The summed E-state index contributed by atoms with van der Waals surface area (Å²) in [6, 6.07) is 2.95. The van der Waals surface area contributed by atoms with E-state index in [0.29, 0.717) is 25.0 Å². The van der Waals surface area contributed by atoms with Gasteiger partial charge in [0, 0.05) is 0 Å². The third-order valence-electron chi connectivity index (χ3n) is 3.67. The van der Waals surface area contributed by atoms with Crippen molar-refractivity contribution in [2.24, 2.45) is 5.92 Å². The van der Waals surface area contributed by atoms with Crippen LogP contribution in [-0.2, 0) is 19.6 Å². The van der Waals surface area contributed by atoms with E-state index in [9.17, 15) is 13.2 Å². The largest absolute Gasteiger partial charge is 0.469 e. The fraction of sp³-hybridized carbons (Fsp3) is 0.615. The Balaban J connectivity index is 2.11. The van der Waals surface area contributed by atoms with Gasteiger partial charge in [0.2, 0.25) is 10.0 Å². The lowest BCUT2D eigenvalue weighted by molar-refractivity contribution is -0.145. The molecule has 2 rings (SSSR count). The molecular formula is C13H19NO5S. The highest BCUT2D eigenvalue weighted by atomic mass is 32.2. The lowest BCUT2D eigenvalue weighted by atomic mass is 10.1. The van der Waals surface area contributed by atoms with Crippen LogP contribution in [0.2, 0.25) is 0 Å². The summed E-state index contributed by atoms with van der Waals surface area (Å²) in [5.41, 5.74) is 0. The van der Waals surface area contributed by atoms with Crippen LogP contribution in [0.4, 0.5) is 0 Å². The second-order valence-corrected chi connectivity index (χ2v) is 6.93. The maximum atomic E-state index is 12.4. The first-order chi connectivity index (χ1) is 9.45. The molecule has 1 aromatic heterocycles. The van der Waals surface area contributed by atoms with E-state index >= 15 is 0 Å². The van der Waals surface area contributed by atoms with Crippen molar-refractivity contribution >= 4 is 16.0 Å².